The lowest BCUT2D eigenvalue weighted by Gasteiger charge is -2.15. The Labute approximate surface area is 166 Å². The van der Waals surface area contributed by atoms with Crippen LogP contribution in [0.3, 0.4) is 0 Å². The van der Waals surface area contributed by atoms with Gasteiger partial charge < -0.3 is 5.32 Å². The monoisotopic (exact) mass is 419 g/mol. The second-order valence-corrected chi connectivity index (χ2v) is 9.52. The van der Waals surface area contributed by atoms with E-state index in [-0.39, 0.29) is 23.0 Å². The molecule has 1 aromatic heterocycles. The van der Waals surface area contributed by atoms with Crippen molar-refractivity contribution in [2.24, 2.45) is 0 Å². The van der Waals surface area contributed by atoms with Crippen LogP contribution in [0.2, 0.25) is 0 Å². The lowest BCUT2D eigenvalue weighted by molar-refractivity contribution is 0.101. The average molecular weight is 420 g/mol. The van der Waals surface area contributed by atoms with Crippen molar-refractivity contribution in [3.05, 3.63) is 53.8 Å². The number of ketones is 1. The number of anilines is 1. The predicted octanol–water partition coefficient (Wildman–Crippen LogP) is 3.51. The van der Waals surface area contributed by atoms with E-state index < -0.39 is 10.0 Å². The number of halogens is 1. The maximum atomic E-state index is 13.3. The number of sulfonamides is 1. The first kappa shape index (κ1) is 19.0. The summed E-state index contributed by atoms with van der Waals surface area (Å²) in [6.45, 7) is 0.996. The van der Waals surface area contributed by atoms with Crippen LogP contribution in [0.25, 0.3) is 10.2 Å². The molecule has 4 rings (SSSR count). The molecule has 0 aliphatic carbocycles. The van der Waals surface area contributed by atoms with Gasteiger partial charge in [0.05, 0.1) is 21.7 Å². The first-order valence-corrected chi connectivity index (χ1v) is 11.1. The number of hydrogen-bond donors (Lipinski definition) is 1. The SMILES string of the molecule is O=C(CNc1nc2ccc(F)cc2s1)c1cccc(S(=O)(=O)N2CCCC2)c1. The highest BCUT2D eigenvalue weighted by Crippen LogP contribution is 2.26. The summed E-state index contributed by atoms with van der Waals surface area (Å²) in [7, 11) is -3.57. The Bertz CT molecular complexity index is 1140. The molecule has 1 N–H and O–H groups in total. The van der Waals surface area contributed by atoms with Gasteiger partial charge in [0.2, 0.25) is 10.0 Å². The molecule has 1 fully saturated rings. The number of carbonyl (C=O) groups is 1. The van der Waals surface area contributed by atoms with Gasteiger partial charge in [-0.3, -0.25) is 4.79 Å². The van der Waals surface area contributed by atoms with Crippen LogP contribution in [0.15, 0.2) is 47.4 Å². The van der Waals surface area contributed by atoms with Crippen molar-refractivity contribution in [3.63, 3.8) is 0 Å². The maximum Gasteiger partial charge on any atom is 0.243 e. The van der Waals surface area contributed by atoms with Gasteiger partial charge in [-0.25, -0.2) is 17.8 Å². The molecule has 1 aliphatic heterocycles. The van der Waals surface area contributed by atoms with Crippen LogP contribution in [0.5, 0.6) is 0 Å². The lowest BCUT2D eigenvalue weighted by Crippen LogP contribution is -2.28. The minimum absolute atomic E-state index is 0.0322. The molecule has 3 aromatic rings. The normalized spacial score (nSPS) is 15.2. The van der Waals surface area contributed by atoms with Crippen LogP contribution in [0, 0.1) is 5.82 Å². The van der Waals surface area contributed by atoms with Crippen molar-refractivity contribution in [2.75, 3.05) is 25.0 Å². The quantitative estimate of drug-likeness (QED) is 0.619. The minimum atomic E-state index is -3.57. The maximum absolute atomic E-state index is 13.3. The van der Waals surface area contributed by atoms with Gasteiger partial charge in [0.1, 0.15) is 5.82 Å². The zero-order valence-electron chi connectivity index (χ0n) is 14.9. The fourth-order valence-corrected chi connectivity index (χ4v) is 5.59. The summed E-state index contributed by atoms with van der Waals surface area (Å²) < 4.78 is 40.8. The van der Waals surface area contributed by atoms with E-state index in [9.17, 15) is 17.6 Å². The minimum Gasteiger partial charge on any atom is -0.354 e. The smallest absolute Gasteiger partial charge is 0.243 e. The number of hydrogen-bond acceptors (Lipinski definition) is 6. The number of benzene rings is 2. The van der Waals surface area contributed by atoms with Crippen LogP contribution in [0.4, 0.5) is 9.52 Å². The van der Waals surface area contributed by atoms with Gasteiger partial charge in [-0.2, -0.15) is 4.31 Å². The summed E-state index contributed by atoms with van der Waals surface area (Å²) in [5.74, 6) is -0.585. The second-order valence-electron chi connectivity index (χ2n) is 6.55. The number of thiazole rings is 1. The molecule has 0 unspecified atom stereocenters. The number of carbonyl (C=O) groups excluding carboxylic acids is 1. The summed E-state index contributed by atoms with van der Waals surface area (Å²) in [4.78, 5) is 17.0. The fourth-order valence-electron chi connectivity index (χ4n) is 3.14. The van der Waals surface area contributed by atoms with E-state index in [0.29, 0.717) is 34.0 Å². The first-order valence-electron chi connectivity index (χ1n) is 8.87. The molecule has 28 heavy (non-hydrogen) atoms. The molecule has 9 heteroatoms. The van der Waals surface area contributed by atoms with Crippen LogP contribution >= 0.6 is 11.3 Å². The third kappa shape index (κ3) is 3.78. The molecule has 1 saturated heterocycles. The summed E-state index contributed by atoms with van der Waals surface area (Å²) in [6.07, 6.45) is 1.71. The van der Waals surface area contributed by atoms with Crippen molar-refractivity contribution in [1.29, 1.82) is 0 Å². The van der Waals surface area contributed by atoms with E-state index in [2.05, 4.69) is 10.3 Å². The highest BCUT2D eigenvalue weighted by Gasteiger charge is 2.27. The zero-order chi connectivity index (χ0) is 19.7. The molecule has 0 saturated carbocycles. The van der Waals surface area contributed by atoms with Gasteiger partial charge >= 0.3 is 0 Å². The van der Waals surface area contributed by atoms with Crippen LogP contribution in [0.1, 0.15) is 23.2 Å². The van der Waals surface area contributed by atoms with Gasteiger partial charge in [-0.15, -0.1) is 0 Å². The van der Waals surface area contributed by atoms with Crippen molar-refractivity contribution < 1.29 is 17.6 Å². The largest absolute Gasteiger partial charge is 0.354 e. The second kappa shape index (κ2) is 7.57. The van der Waals surface area contributed by atoms with Crippen LogP contribution in [-0.2, 0) is 10.0 Å². The van der Waals surface area contributed by atoms with Crippen molar-refractivity contribution in [2.45, 2.75) is 17.7 Å². The molecule has 2 aromatic carbocycles. The third-order valence-electron chi connectivity index (χ3n) is 4.61. The summed E-state index contributed by atoms with van der Waals surface area (Å²) in [5.41, 5.74) is 0.972. The summed E-state index contributed by atoms with van der Waals surface area (Å²) >= 11 is 1.26. The van der Waals surface area contributed by atoms with E-state index in [1.807, 2.05) is 0 Å². The van der Waals surface area contributed by atoms with Crippen LogP contribution < -0.4 is 5.32 Å². The van der Waals surface area contributed by atoms with Gasteiger partial charge in [-0.1, -0.05) is 23.5 Å². The molecular weight excluding hydrogens is 401 g/mol. The molecular formula is C19H18FN3O3S2. The topological polar surface area (TPSA) is 79.4 Å². The molecule has 146 valence electrons. The standard InChI is InChI=1S/C19H18FN3O3S2/c20-14-6-7-16-18(11-14)27-19(22-16)21-12-17(24)13-4-3-5-15(10-13)28(25,26)23-8-1-2-9-23/h3-7,10-11H,1-2,8-9,12H2,(H,21,22). The molecule has 0 bridgehead atoms. The van der Waals surface area contributed by atoms with Crippen LogP contribution in [-0.4, -0.2) is 43.1 Å². The van der Waals surface area contributed by atoms with Crippen molar-refractivity contribution in [1.82, 2.24) is 9.29 Å². The molecule has 0 radical (unpaired) electrons. The first-order chi connectivity index (χ1) is 13.4. The van der Waals surface area contributed by atoms with Gasteiger partial charge in [0.25, 0.3) is 0 Å². The Morgan fingerprint density at radius 1 is 1.18 bits per heavy atom. The van der Waals surface area contributed by atoms with E-state index in [1.54, 1.807) is 18.2 Å². The van der Waals surface area contributed by atoms with Crippen molar-refractivity contribution >= 4 is 42.5 Å². The van der Waals surface area contributed by atoms with Crippen molar-refractivity contribution in [3.8, 4) is 0 Å². The Morgan fingerprint density at radius 3 is 2.75 bits per heavy atom. The van der Waals surface area contributed by atoms with Gasteiger partial charge in [0.15, 0.2) is 10.9 Å². The number of Topliss-reactive ketones (excluding diaryl/α,β-unsaturated/α-hetero) is 1. The van der Waals surface area contributed by atoms with E-state index >= 15 is 0 Å². The molecule has 0 atom stereocenters. The molecule has 6 nitrogen and oxygen atoms in total. The molecule has 1 aliphatic rings. The Hall–Kier alpha value is -2.36. The number of fused-ring (bicyclic) bond motifs is 1. The van der Waals surface area contributed by atoms with E-state index in [0.717, 1.165) is 12.8 Å². The van der Waals surface area contributed by atoms with Gasteiger partial charge in [-0.05, 0) is 43.2 Å². The molecule has 0 spiro atoms. The van der Waals surface area contributed by atoms with Gasteiger partial charge in [0, 0.05) is 18.7 Å². The fraction of sp³-hybridized carbons (Fsp3) is 0.263. The Balaban J connectivity index is 1.48. The van der Waals surface area contributed by atoms with E-state index in [4.69, 9.17) is 0 Å². The number of nitrogens with zero attached hydrogens (tertiary/aromatic N) is 2. The number of rotatable bonds is 6. The lowest BCUT2D eigenvalue weighted by atomic mass is 10.1. The molecule has 2 heterocycles. The Morgan fingerprint density at radius 2 is 1.96 bits per heavy atom. The third-order valence-corrected chi connectivity index (χ3v) is 7.48. The highest BCUT2D eigenvalue weighted by molar-refractivity contribution is 7.89. The average Bonchev–Trinajstić information content (AvgIpc) is 3.36. The summed E-state index contributed by atoms with van der Waals surface area (Å²) in [5, 5.41) is 3.45. The molecule has 0 amide bonds. The van der Waals surface area contributed by atoms with E-state index in [1.165, 1.54) is 39.9 Å². The summed E-state index contributed by atoms with van der Waals surface area (Å²) in [6, 6.07) is 10.4. The Kier molecular flexibility index (Phi) is 5.13. The number of nitrogens with one attached hydrogen (secondary N) is 1. The zero-order valence-corrected chi connectivity index (χ0v) is 16.5. The predicted molar refractivity (Wildman–Crippen MR) is 107 cm³/mol. The number of aromatic nitrogens is 1. The highest BCUT2D eigenvalue weighted by atomic mass is 32.2.